The zero-order chi connectivity index (χ0) is 11.4. The topological polar surface area (TPSA) is 46.3 Å². The maximum atomic E-state index is 12.1. The van der Waals surface area contributed by atoms with Crippen LogP contribution in [0.1, 0.15) is 41.0 Å². The number of hydrogen-bond donors (Lipinski definition) is 1. The van der Waals surface area contributed by atoms with Crippen LogP contribution in [0, 0.1) is 5.41 Å². The minimum Gasteiger partial charge on any atom is -0.340 e. The van der Waals surface area contributed by atoms with Gasteiger partial charge in [0.25, 0.3) is 0 Å². The number of carbonyl (C=O) groups excluding carboxylic acids is 1. The number of nitrogens with two attached hydrogens (primary N) is 1. The fourth-order valence-corrected chi connectivity index (χ4v) is 1.47. The molecule has 0 aromatic carbocycles. The Morgan fingerprint density at radius 2 is 1.93 bits per heavy atom. The van der Waals surface area contributed by atoms with Gasteiger partial charge in [-0.1, -0.05) is 6.92 Å². The van der Waals surface area contributed by atoms with Crippen LogP contribution in [0.2, 0.25) is 0 Å². The zero-order valence-electron chi connectivity index (χ0n) is 10.1. The van der Waals surface area contributed by atoms with Crippen LogP contribution in [0.5, 0.6) is 0 Å². The van der Waals surface area contributed by atoms with Gasteiger partial charge in [-0.2, -0.15) is 0 Å². The van der Waals surface area contributed by atoms with Crippen molar-refractivity contribution in [3.8, 4) is 0 Å². The summed E-state index contributed by atoms with van der Waals surface area (Å²) in [6.45, 7) is 11.2. The average molecular weight is 200 g/mol. The molecule has 0 aromatic rings. The summed E-state index contributed by atoms with van der Waals surface area (Å²) in [6.07, 6.45) is 0.797. The second kappa shape index (κ2) is 5.35. The molecule has 0 bridgehead atoms. The van der Waals surface area contributed by atoms with Crippen molar-refractivity contribution < 1.29 is 4.79 Å². The van der Waals surface area contributed by atoms with E-state index in [0.29, 0.717) is 6.54 Å². The molecule has 3 nitrogen and oxygen atoms in total. The molecule has 14 heavy (non-hydrogen) atoms. The largest absolute Gasteiger partial charge is 0.340 e. The molecular weight excluding hydrogens is 176 g/mol. The maximum absolute atomic E-state index is 12.1. The van der Waals surface area contributed by atoms with Crippen LogP contribution in [-0.2, 0) is 4.79 Å². The van der Waals surface area contributed by atoms with Crippen molar-refractivity contribution in [2.75, 3.05) is 13.1 Å². The molecule has 3 heteroatoms. The molecule has 84 valence electrons. The first-order chi connectivity index (χ1) is 6.42. The van der Waals surface area contributed by atoms with Gasteiger partial charge in [0.1, 0.15) is 0 Å². The second-order valence-corrected chi connectivity index (χ2v) is 4.30. The van der Waals surface area contributed by atoms with Gasteiger partial charge < -0.3 is 10.6 Å². The maximum Gasteiger partial charge on any atom is 0.229 e. The van der Waals surface area contributed by atoms with E-state index < -0.39 is 0 Å². The van der Waals surface area contributed by atoms with E-state index in [-0.39, 0.29) is 17.4 Å². The molecule has 0 spiro atoms. The van der Waals surface area contributed by atoms with Gasteiger partial charge >= 0.3 is 0 Å². The summed E-state index contributed by atoms with van der Waals surface area (Å²) in [5.41, 5.74) is 5.27. The molecule has 0 saturated heterocycles. The molecule has 0 saturated carbocycles. The highest BCUT2D eigenvalue weighted by atomic mass is 16.2. The highest BCUT2D eigenvalue weighted by Gasteiger charge is 2.33. The van der Waals surface area contributed by atoms with Crippen LogP contribution in [0.3, 0.4) is 0 Å². The second-order valence-electron chi connectivity index (χ2n) is 4.30. The molecule has 1 unspecified atom stereocenters. The minimum absolute atomic E-state index is 0.181. The molecule has 0 aromatic heterocycles. The van der Waals surface area contributed by atoms with Crippen molar-refractivity contribution >= 4 is 5.91 Å². The molecule has 0 aliphatic heterocycles. The van der Waals surface area contributed by atoms with Crippen molar-refractivity contribution in [2.24, 2.45) is 11.1 Å². The van der Waals surface area contributed by atoms with E-state index in [4.69, 9.17) is 5.73 Å². The Morgan fingerprint density at radius 1 is 1.43 bits per heavy atom. The van der Waals surface area contributed by atoms with Gasteiger partial charge in [-0.25, -0.2) is 0 Å². The molecular formula is C11H24N2O. The lowest BCUT2D eigenvalue weighted by Crippen LogP contribution is -2.48. The SMILES string of the molecule is CCN(C(=O)C(C)(CC)CN)C(C)C. The molecule has 0 heterocycles. The summed E-state index contributed by atoms with van der Waals surface area (Å²) in [5.74, 6) is 0.181. The molecule has 0 aliphatic carbocycles. The van der Waals surface area contributed by atoms with Crippen LogP contribution in [0.15, 0.2) is 0 Å². The van der Waals surface area contributed by atoms with Crippen LogP contribution >= 0.6 is 0 Å². The van der Waals surface area contributed by atoms with Crippen molar-refractivity contribution in [3.05, 3.63) is 0 Å². The molecule has 1 amide bonds. The lowest BCUT2D eigenvalue weighted by molar-refractivity contribution is -0.142. The van der Waals surface area contributed by atoms with E-state index in [1.165, 1.54) is 0 Å². The summed E-state index contributed by atoms with van der Waals surface area (Å²) in [4.78, 5) is 14.0. The third-order valence-corrected chi connectivity index (χ3v) is 2.97. The van der Waals surface area contributed by atoms with Gasteiger partial charge in [0.15, 0.2) is 0 Å². The zero-order valence-corrected chi connectivity index (χ0v) is 10.1. The number of hydrogen-bond acceptors (Lipinski definition) is 2. The quantitative estimate of drug-likeness (QED) is 0.733. The van der Waals surface area contributed by atoms with Crippen molar-refractivity contribution in [1.82, 2.24) is 4.90 Å². The summed E-state index contributed by atoms with van der Waals surface area (Å²) in [5, 5.41) is 0. The Balaban J connectivity index is 4.71. The van der Waals surface area contributed by atoms with E-state index in [1.807, 2.05) is 39.5 Å². The average Bonchev–Trinajstić information content (AvgIpc) is 2.17. The summed E-state index contributed by atoms with van der Waals surface area (Å²) >= 11 is 0. The number of carbonyl (C=O) groups is 1. The predicted molar refractivity (Wildman–Crippen MR) is 60.0 cm³/mol. The Morgan fingerprint density at radius 3 is 2.14 bits per heavy atom. The Kier molecular flexibility index (Phi) is 5.13. The van der Waals surface area contributed by atoms with Crippen molar-refractivity contribution in [3.63, 3.8) is 0 Å². The van der Waals surface area contributed by atoms with E-state index in [2.05, 4.69) is 0 Å². The summed E-state index contributed by atoms with van der Waals surface area (Å²) in [7, 11) is 0. The minimum atomic E-state index is -0.389. The molecule has 0 rings (SSSR count). The van der Waals surface area contributed by atoms with E-state index in [9.17, 15) is 4.79 Å². The van der Waals surface area contributed by atoms with Gasteiger partial charge in [-0.15, -0.1) is 0 Å². The molecule has 2 N–H and O–H groups in total. The molecule has 0 fully saturated rings. The van der Waals surface area contributed by atoms with Crippen LogP contribution in [-0.4, -0.2) is 29.9 Å². The Bertz CT molecular complexity index is 186. The van der Waals surface area contributed by atoms with Crippen molar-refractivity contribution in [2.45, 2.75) is 47.1 Å². The van der Waals surface area contributed by atoms with E-state index in [1.54, 1.807) is 0 Å². The lowest BCUT2D eigenvalue weighted by atomic mass is 9.85. The van der Waals surface area contributed by atoms with Crippen LogP contribution in [0.4, 0.5) is 0 Å². The Labute approximate surface area is 87.6 Å². The molecule has 0 radical (unpaired) electrons. The van der Waals surface area contributed by atoms with Gasteiger partial charge in [0, 0.05) is 19.1 Å². The third kappa shape index (κ3) is 2.71. The number of amides is 1. The lowest BCUT2D eigenvalue weighted by Gasteiger charge is -2.34. The predicted octanol–water partition coefficient (Wildman–Crippen LogP) is 1.62. The highest BCUT2D eigenvalue weighted by molar-refractivity contribution is 5.82. The molecule has 1 atom stereocenters. The fourth-order valence-electron chi connectivity index (χ4n) is 1.47. The highest BCUT2D eigenvalue weighted by Crippen LogP contribution is 2.23. The van der Waals surface area contributed by atoms with E-state index >= 15 is 0 Å². The van der Waals surface area contributed by atoms with Gasteiger partial charge in [-0.3, -0.25) is 4.79 Å². The fraction of sp³-hybridized carbons (Fsp3) is 0.909. The van der Waals surface area contributed by atoms with Gasteiger partial charge in [0.05, 0.1) is 5.41 Å². The van der Waals surface area contributed by atoms with Crippen LogP contribution < -0.4 is 5.73 Å². The number of rotatable bonds is 5. The number of nitrogens with zero attached hydrogens (tertiary/aromatic N) is 1. The third-order valence-electron chi connectivity index (χ3n) is 2.97. The summed E-state index contributed by atoms with van der Waals surface area (Å²) in [6, 6.07) is 0.255. The van der Waals surface area contributed by atoms with Crippen molar-refractivity contribution in [1.29, 1.82) is 0 Å². The first-order valence-corrected chi connectivity index (χ1v) is 5.44. The summed E-state index contributed by atoms with van der Waals surface area (Å²) < 4.78 is 0. The smallest absolute Gasteiger partial charge is 0.229 e. The first kappa shape index (κ1) is 13.4. The monoisotopic (exact) mass is 200 g/mol. The van der Waals surface area contributed by atoms with Gasteiger partial charge in [-0.05, 0) is 34.1 Å². The Hall–Kier alpha value is -0.570. The van der Waals surface area contributed by atoms with Crippen LogP contribution in [0.25, 0.3) is 0 Å². The standard InChI is InChI=1S/C11H24N2O/c1-6-11(5,8-12)10(14)13(7-2)9(3)4/h9H,6-8,12H2,1-5H3. The first-order valence-electron chi connectivity index (χ1n) is 5.44. The molecule has 0 aliphatic rings. The van der Waals surface area contributed by atoms with E-state index in [0.717, 1.165) is 13.0 Å². The van der Waals surface area contributed by atoms with Gasteiger partial charge in [0.2, 0.25) is 5.91 Å². The normalized spacial score (nSPS) is 15.4.